The number of quaternary nitrogens is 1. The Bertz CT molecular complexity index is 1620. The number of allylic oxidation sites excluding steroid dienone is 3. The second-order valence-electron chi connectivity index (χ2n) is 17.2. The Labute approximate surface area is 303 Å². The van der Waals surface area contributed by atoms with Crippen molar-refractivity contribution in [1.29, 1.82) is 5.41 Å². The lowest BCUT2D eigenvalue weighted by Crippen LogP contribution is -2.76. The van der Waals surface area contributed by atoms with Crippen LogP contribution < -0.4 is 5.32 Å². The van der Waals surface area contributed by atoms with Gasteiger partial charge in [-0.3, -0.25) is 10.1 Å². The van der Waals surface area contributed by atoms with Gasteiger partial charge in [0, 0.05) is 29.3 Å². The number of hydrogen-bond acceptors (Lipinski definition) is 8. The number of nitrogens with one attached hydrogen (secondary N) is 1. The Kier molecular flexibility index (Phi) is 10.5. The van der Waals surface area contributed by atoms with Crippen molar-refractivity contribution in [2.45, 2.75) is 122 Å². The number of rotatable bonds is 11. The lowest BCUT2D eigenvalue weighted by Gasteiger charge is -2.60. The number of esters is 1. The van der Waals surface area contributed by atoms with E-state index in [9.17, 15) is 19.1 Å². The number of aliphatic hydroxyl groups is 1. The molecule has 0 amide bonds. The van der Waals surface area contributed by atoms with E-state index in [4.69, 9.17) is 24.4 Å². The minimum atomic E-state index is -1.17. The molecule has 3 unspecified atom stereocenters. The highest BCUT2D eigenvalue weighted by Crippen LogP contribution is 2.70. The van der Waals surface area contributed by atoms with Crippen LogP contribution in [0.25, 0.3) is 0 Å². The smallest absolute Gasteiger partial charge is 0.345 e. The van der Waals surface area contributed by atoms with E-state index < -0.39 is 49.4 Å². The third-order valence-corrected chi connectivity index (χ3v) is 16.6. The van der Waals surface area contributed by atoms with Gasteiger partial charge in [-0.1, -0.05) is 32.8 Å². The summed E-state index contributed by atoms with van der Waals surface area (Å²) >= 11 is 0. The molecule has 1 aromatic rings. The van der Waals surface area contributed by atoms with Crippen LogP contribution in [0.4, 0.5) is 10.1 Å². The lowest BCUT2D eigenvalue weighted by atomic mass is 9.45. The van der Waals surface area contributed by atoms with Crippen molar-refractivity contribution < 1.29 is 43.4 Å². The number of ether oxygens (including phenoxy) is 4. The van der Waals surface area contributed by atoms with E-state index in [0.29, 0.717) is 37.6 Å². The second kappa shape index (κ2) is 14.0. The molecule has 6 rings (SSSR count). The SMILES string of the molecule is CCCC1O[C@@H]2CC3[C@@H]4CCC5=CC([NH2+]c6ccc(F)c(C(=O)OC)c6)=C(C=N)C[C@]5(C)C4[C@@H](O)C[C@]3(C)[C@]2(C(=O)COC[Si+](C)C(C)(C)C)O1. The molecule has 1 aromatic carbocycles. The lowest BCUT2D eigenvalue weighted by molar-refractivity contribution is -0.513. The molecule has 1 heterocycles. The first-order valence-electron chi connectivity index (χ1n) is 18.7. The van der Waals surface area contributed by atoms with Gasteiger partial charge in [-0.25, -0.2) is 9.18 Å². The van der Waals surface area contributed by atoms with Gasteiger partial charge in [0.2, 0.25) is 0 Å². The maximum absolute atomic E-state index is 14.5. The van der Waals surface area contributed by atoms with Crippen molar-refractivity contribution in [3.63, 3.8) is 0 Å². The number of carbonyl (C=O) groups is 2. The van der Waals surface area contributed by atoms with Crippen LogP contribution in [0.3, 0.4) is 0 Å². The average Bonchev–Trinajstić information content (AvgIpc) is 3.56. The maximum Gasteiger partial charge on any atom is 0.345 e. The number of fused-ring (bicyclic) bond motifs is 7. The van der Waals surface area contributed by atoms with Crippen molar-refractivity contribution in [3.8, 4) is 0 Å². The number of nitrogens with two attached hydrogens (primary N) is 1. The molecule has 4 aliphatic carbocycles. The summed E-state index contributed by atoms with van der Waals surface area (Å²) in [5.74, 6) is -1.28. The van der Waals surface area contributed by atoms with Gasteiger partial charge in [-0.2, -0.15) is 0 Å². The van der Waals surface area contributed by atoms with Gasteiger partial charge < -0.3 is 29.5 Å². The van der Waals surface area contributed by atoms with Crippen LogP contribution in [-0.2, 0) is 23.7 Å². The zero-order chi connectivity index (χ0) is 37.1. The molecule has 3 saturated carbocycles. The van der Waals surface area contributed by atoms with Crippen LogP contribution in [0.2, 0.25) is 11.6 Å². The molecular weight excluding hydrogens is 668 g/mol. The van der Waals surface area contributed by atoms with Crippen LogP contribution in [0, 0.1) is 39.8 Å². The predicted molar refractivity (Wildman–Crippen MR) is 194 cm³/mol. The largest absolute Gasteiger partial charge is 0.465 e. The summed E-state index contributed by atoms with van der Waals surface area (Å²) in [7, 11) is 0.394. The number of aliphatic hydroxyl groups excluding tert-OH is 1. The fourth-order valence-corrected chi connectivity index (χ4v) is 11.2. The molecule has 4 fully saturated rings. The number of methoxy groups -OCH3 is 1. The molecule has 278 valence electrons. The molecule has 11 heteroatoms. The summed E-state index contributed by atoms with van der Waals surface area (Å²) in [5, 5.41) is 22.8. The van der Waals surface area contributed by atoms with E-state index in [-0.39, 0.29) is 46.8 Å². The van der Waals surface area contributed by atoms with E-state index in [1.165, 1.54) is 31.0 Å². The molecule has 0 bridgehead atoms. The first kappa shape index (κ1) is 38.2. The number of ketones is 1. The third kappa shape index (κ3) is 6.33. The standard InChI is InChI=1S/C40H56FN2O7Si/c1-9-10-34-49-33-17-28-26-13-11-24-15-30(43-25-12-14-29(41)27(16-25)36(46)47-7)23(20-42)18-38(24,5)35(26)31(44)19-39(28,6)40(33,50-34)32(45)21-48-22-51(8)37(2,3)4/h12,14-16,20,26,28,31,33-35,42-44H,9-11,13,17-19,21-22H2,1-8H3/q+1/p+1/t26-,28?,31-,33+,34?,35?,38-,39-,40+/m0/s1. The van der Waals surface area contributed by atoms with Crippen LogP contribution in [0.1, 0.15) is 96.8 Å². The van der Waals surface area contributed by atoms with E-state index >= 15 is 0 Å². The highest BCUT2D eigenvalue weighted by molar-refractivity contribution is 6.60. The van der Waals surface area contributed by atoms with Gasteiger partial charge in [-0.05, 0) is 94.6 Å². The minimum Gasteiger partial charge on any atom is -0.465 e. The van der Waals surface area contributed by atoms with Crippen LogP contribution in [0.5, 0.6) is 0 Å². The van der Waals surface area contributed by atoms with Crippen LogP contribution in [0.15, 0.2) is 41.1 Å². The fourth-order valence-electron chi connectivity index (χ4n) is 10.4. The highest BCUT2D eigenvalue weighted by Gasteiger charge is 2.76. The van der Waals surface area contributed by atoms with E-state index in [1.54, 1.807) is 6.07 Å². The zero-order valence-electron chi connectivity index (χ0n) is 31.6. The molecule has 51 heavy (non-hydrogen) atoms. The molecule has 1 saturated heterocycles. The first-order valence-corrected chi connectivity index (χ1v) is 20.9. The van der Waals surface area contributed by atoms with Crippen molar-refractivity contribution in [2.24, 2.45) is 28.6 Å². The zero-order valence-corrected chi connectivity index (χ0v) is 32.6. The molecule has 0 aromatic heterocycles. The van der Waals surface area contributed by atoms with E-state index in [1.807, 2.05) is 5.32 Å². The molecular formula is C40H57FN2O7Si+2. The van der Waals surface area contributed by atoms with Crippen LogP contribution >= 0.6 is 0 Å². The maximum atomic E-state index is 14.5. The number of halogens is 1. The summed E-state index contributed by atoms with van der Waals surface area (Å²) in [6, 6.07) is 4.35. The number of Topliss-reactive ketones (excluding diaryl/α,β-unsaturated/α-hetero) is 1. The summed E-state index contributed by atoms with van der Waals surface area (Å²) in [5.41, 5.74) is 1.20. The van der Waals surface area contributed by atoms with E-state index in [0.717, 1.165) is 30.5 Å². The fraction of sp³-hybridized carbons (Fsp3) is 0.675. The van der Waals surface area contributed by atoms with Gasteiger partial charge in [-0.15, -0.1) is 0 Å². The molecule has 9 atom stereocenters. The van der Waals surface area contributed by atoms with Crippen molar-refractivity contribution >= 4 is 32.5 Å². The van der Waals surface area contributed by atoms with Crippen LogP contribution in [-0.4, -0.2) is 75.9 Å². The predicted octanol–water partition coefficient (Wildman–Crippen LogP) is 6.19. The summed E-state index contributed by atoms with van der Waals surface area (Å²) < 4.78 is 38.7. The third-order valence-electron chi connectivity index (χ3n) is 13.4. The Morgan fingerprint density at radius 3 is 2.67 bits per heavy atom. The number of hydrogen-bond donors (Lipinski definition) is 3. The molecule has 0 radical (unpaired) electrons. The molecule has 9 nitrogen and oxygen atoms in total. The summed E-state index contributed by atoms with van der Waals surface area (Å²) in [4.78, 5) is 26.7. The van der Waals surface area contributed by atoms with Gasteiger partial charge in [0.05, 0.1) is 30.9 Å². The summed E-state index contributed by atoms with van der Waals surface area (Å²) in [6.07, 6.45) is 7.53. The second-order valence-corrected chi connectivity index (χ2v) is 20.5. The minimum absolute atomic E-state index is 0.0180. The monoisotopic (exact) mass is 724 g/mol. The van der Waals surface area contributed by atoms with Crippen molar-refractivity contribution in [2.75, 3.05) is 19.9 Å². The average molecular weight is 725 g/mol. The summed E-state index contributed by atoms with van der Waals surface area (Å²) in [6.45, 7) is 15.4. The molecule has 0 spiro atoms. The van der Waals surface area contributed by atoms with Gasteiger partial charge >= 0.3 is 14.8 Å². The number of benzene rings is 1. The topological polar surface area (TPSA) is 132 Å². The highest BCUT2D eigenvalue weighted by atomic mass is 28.3. The van der Waals surface area contributed by atoms with Gasteiger partial charge in [0.15, 0.2) is 23.9 Å². The van der Waals surface area contributed by atoms with E-state index in [2.05, 4.69) is 54.2 Å². The van der Waals surface area contributed by atoms with Gasteiger partial charge in [0.25, 0.3) is 0 Å². The quantitative estimate of drug-likeness (QED) is 0.107. The van der Waals surface area contributed by atoms with Crippen molar-refractivity contribution in [1.82, 2.24) is 0 Å². The Morgan fingerprint density at radius 1 is 1.25 bits per heavy atom. The molecule has 1 aliphatic heterocycles. The van der Waals surface area contributed by atoms with Crippen molar-refractivity contribution in [3.05, 3.63) is 52.5 Å². The Morgan fingerprint density at radius 2 is 2.00 bits per heavy atom. The normalized spacial score (nSPS) is 35.7. The Hall–Kier alpha value is -2.54. The molecule has 4 N–H and O–H groups in total. The Balaban J connectivity index is 1.28. The number of carbonyl (C=O) groups excluding carboxylic acids is 2. The first-order chi connectivity index (χ1) is 24.0. The molecule has 5 aliphatic rings. The van der Waals surface area contributed by atoms with Gasteiger partial charge in [0.1, 0.15) is 29.4 Å².